The molecule has 0 unspecified atom stereocenters. The number of fused-ring (bicyclic) bond motifs is 2. The van der Waals surface area contributed by atoms with Crippen molar-refractivity contribution in [3.8, 4) is 23.0 Å². The highest BCUT2D eigenvalue weighted by Crippen LogP contribution is 2.27. The van der Waals surface area contributed by atoms with E-state index in [1.165, 1.54) is 4.68 Å². The highest BCUT2D eigenvalue weighted by Gasteiger charge is 2.17. The van der Waals surface area contributed by atoms with Crippen molar-refractivity contribution in [3.63, 3.8) is 0 Å². The number of benzene rings is 4. The summed E-state index contributed by atoms with van der Waals surface area (Å²) in [4.78, 5) is 30.8. The topological polar surface area (TPSA) is 104 Å². The van der Waals surface area contributed by atoms with E-state index in [0.29, 0.717) is 33.8 Å². The number of aromatic nitrogens is 3. The van der Waals surface area contributed by atoms with Gasteiger partial charge in [0, 0.05) is 33.7 Å². The van der Waals surface area contributed by atoms with E-state index in [-0.39, 0.29) is 18.1 Å². The fourth-order valence-corrected chi connectivity index (χ4v) is 5.59. The minimum absolute atomic E-state index is 0.103. The average Bonchev–Trinajstić information content (AvgIpc) is 3.64. The first-order chi connectivity index (χ1) is 22.8. The molecule has 7 rings (SSSR count). The summed E-state index contributed by atoms with van der Waals surface area (Å²) in [6, 6.07) is 33.9. The normalized spacial score (nSPS) is 11.5. The van der Waals surface area contributed by atoms with Gasteiger partial charge in [-0.2, -0.15) is 9.78 Å². The first kappa shape index (κ1) is 29.5. The molecule has 7 aromatic rings. The van der Waals surface area contributed by atoms with Crippen molar-refractivity contribution < 1.29 is 13.9 Å². The zero-order valence-corrected chi connectivity index (χ0v) is 26.1. The molecule has 0 saturated heterocycles. The molecule has 0 atom stereocenters. The molecule has 0 aliphatic carbocycles. The highest BCUT2D eigenvalue weighted by molar-refractivity contribution is 5.92. The molecule has 9 heteroatoms. The molecule has 1 N–H and O–H groups in total. The maximum absolute atomic E-state index is 13.7. The molecule has 0 spiro atoms. The molecule has 0 aliphatic rings. The molecule has 4 aromatic carbocycles. The molecule has 3 aromatic heterocycles. The summed E-state index contributed by atoms with van der Waals surface area (Å²) in [6.07, 6.45) is 1.67. The van der Waals surface area contributed by atoms with E-state index < -0.39 is 0 Å². The lowest BCUT2D eigenvalue weighted by atomic mass is 10.2. The van der Waals surface area contributed by atoms with E-state index in [1.807, 2.05) is 118 Å². The van der Waals surface area contributed by atoms with Crippen molar-refractivity contribution in [1.29, 1.82) is 0 Å². The summed E-state index contributed by atoms with van der Waals surface area (Å²) in [7, 11) is 0. The summed E-state index contributed by atoms with van der Waals surface area (Å²) in [5, 5.41) is 8.87. The third-order valence-electron chi connectivity index (χ3n) is 7.98. The third-order valence-corrected chi connectivity index (χ3v) is 7.98. The molecule has 0 saturated carbocycles. The number of furan rings is 1. The molecule has 9 nitrogen and oxygen atoms in total. The second-order valence-electron chi connectivity index (χ2n) is 11.3. The van der Waals surface area contributed by atoms with Crippen LogP contribution in [-0.2, 0) is 4.79 Å². The smallest absolute Gasteiger partial charge is 0.282 e. The van der Waals surface area contributed by atoms with Gasteiger partial charge in [-0.3, -0.25) is 9.59 Å². The van der Waals surface area contributed by atoms with Gasteiger partial charge in [-0.25, -0.2) is 4.98 Å². The van der Waals surface area contributed by atoms with Crippen LogP contribution in [0.1, 0.15) is 22.5 Å². The number of nitrogens with one attached hydrogen (secondary N) is 1. The van der Waals surface area contributed by atoms with Crippen LogP contribution in [-0.4, -0.2) is 33.0 Å². The molecular formula is C38H31N5O4. The summed E-state index contributed by atoms with van der Waals surface area (Å²) in [6.45, 7) is 5.90. The zero-order valence-electron chi connectivity index (χ0n) is 26.1. The maximum Gasteiger partial charge on any atom is 0.282 e. The van der Waals surface area contributed by atoms with Crippen molar-refractivity contribution in [1.82, 2.24) is 14.2 Å². The van der Waals surface area contributed by atoms with E-state index in [0.717, 1.165) is 39.3 Å². The minimum atomic E-state index is -0.292. The van der Waals surface area contributed by atoms with Crippen LogP contribution in [0.15, 0.2) is 124 Å². The van der Waals surface area contributed by atoms with E-state index in [1.54, 1.807) is 18.3 Å². The number of aryl methyl sites for hydroxylation is 2. The van der Waals surface area contributed by atoms with Gasteiger partial charge in [-0.1, -0.05) is 48.0 Å². The van der Waals surface area contributed by atoms with E-state index in [2.05, 4.69) is 15.0 Å². The molecule has 0 fully saturated rings. The molecule has 3 heterocycles. The predicted molar refractivity (Wildman–Crippen MR) is 185 cm³/mol. The van der Waals surface area contributed by atoms with Crippen LogP contribution in [0.25, 0.3) is 39.1 Å². The van der Waals surface area contributed by atoms with Crippen molar-refractivity contribution in [2.24, 2.45) is 5.10 Å². The average molecular weight is 622 g/mol. The Morgan fingerprint density at radius 3 is 2.45 bits per heavy atom. The maximum atomic E-state index is 13.7. The van der Waals surface area contributed by atoms with Gasteiger partial charge in [0.15, 0.2) is 12.4 Å². The quantitative estimate of drug-likeness (QED) is 0.178. The van der Waals surface area contributed by atoms with Gasteiger partial charge in [-0.15, -0.1) is 0 Å². The first-order valence-electron chi connectivity index (χ1n) is 15.2. The summed E-state index contributed by atoms with van der Waals surface area (Å²) in [5.41, 5.74) is 6.50. The highest BCUT2D eigenvalue weighted by atomic mass is 16.5. The SMILES string of the molecule is Cc1ccc(NC(=O)COc2ccc(-n3c(C)cc(C=Nn4c(-c5cc6ccccc6o5)nc5ccccc5c4=O)c3C)cc2)cc1. The Balaban J connectivity index is 1.14. The van der Waals surface area contributed by atoms with Gasteiger partial charge in [0.25, 0.3) is 11.5 Å². The van der Waals surface area contributed by atoms with Crippen LogP contribution in [0.3, 0.4) is 0 Å². The summed E-state index contributed by atoms with van der Waals surface area (Å²) in [5.74, 6) is 1.12. The summed E-state index contributed by atoms with van der Waals surface area (Å²) < 4.78 is 15.2. The second kappa shape index (κ2) is 12.3. The largest absolute Gasteiger partial charge is 0.484 e. The molecule has 0 aliphatic heterocycles. The Morgan fingerprint density at radius 1 is 0.915 bits per heavy atom. The van der Waals surface area contributed by atoms with Crippen molar-refractivity contribution in [2.45, 2.75) is 20.8 Å². The van der Waals surface area contributed by atoms with Crippen LogP contribution in [0.4, 0.5) is 5.69 Å². The first-order valence-corrected chi connectivity index (χ1v) is 15.2. The Kier molecular flexibility index (Phi) is 7.71. The molecule has 0 bridgehead atoms. The molecule has 232 valence electrons. The predicted octanol–water partition coefficient (Wildman–Crippen LogP) is 7.43. The number of para-hydroxylation sites is 2. The lowest BCUT2D eigenvalue weighted by molar-refractivity contribution is -0.118. The number of hydrogen-bond donors (Lipinski definition) is 1. The number of ether oxygens (including phenoxy) is 1. The number of carbonyl (C=O) groups is 1. The Morgan fingerprint density at radius 2 is 1.66 bits per heavy atom. The van der Waals surface area contributed by atoms with E-state index in [4.69, 9.17) is 14.1 Å². The monoisotopic (exact) mass is 621 g/mol. The zero-order chi connectivity index (χ0) is 32.5. The van der Waals surface area contributed by atoms with Gasteiger partial charge in [-0.05, 0) is 87.5 Å². The van der Waals surface area contributed by atoms with Crippen molar-refractivity contribution in [3.05, 3.63) is 142 Å². The van der Waals surface area contributed by atoms with Crippen molar-refractivity contribution in [2.75, 3.05) is 11.9 Å². The lowest BCUT2D eigenvalue weighted by Gasteiger charge is -2.12. The third kappa shape index (κ3) is 5.94. The van der Waals surface area contributed by atoms with Gasteiger partial charge >= 0.3 is 0 Å². The Bertz CT molecular complexity index is 2310. The van der Waals surface area contributed by atoms with Gasteiger partial charge < -0.3 is 19.0 Å². The number of hydrogen-bond acceptors (Lipinski definition) is 6. The fourth-order valence-electron chi connectivity index (χ4n) is 5.59. The standard InChI is InChI=1S/C38H31N5O4/c1-24-12-14-29(15-13-24)40-36(44)23-46-31-18-16-30(17-19-31)42-25(2)20-28(26(42)3)22-39-43-37(35-21-27-8-4-7-11-34(27)47-35)41-33-10-6-5-9-32(33)38(43)45/h4-22H,23H2,1-3H3,(H,40,44). The second-order valence-corrected chi connectivity index (χ2v) is 11.3. The van der Waals surface area contributed by atoms with E-state index in [9.17, 15) is 9.59 Å². The van der Waals surface area contributed by atoms with Crippen LogP contribution < -0.4 is 15.6 Å². The van der Waals surface area contributed by atoms with Crippen LogP contribution in [0.5, 0.6) is 5.75 Å². The van der Waals surface area contributed by atoms with E-state index >= 15 is 0 Å². The van der Waals surface area contributed by atoms with Crippen molar-refractivity contribution >= 4 is 39.7 Å². The molecule has 47 heavy (non-hydrogen) atoms. The fraction of sp³-hybridized carbons (Fsp3) is 0.105. The summed E-state index contributed by atoms with van der Waals surface area (Å²) >= 11 is 0. The molecule has 0 radical (unpaired) electrons. The number of anilines is 1. The number of carbonyl (C=O) groups excluding carboxylic acids is 1. The van der Waals surface area contributed by atoms with Crippen LogP contribution in [0.2, 0.25) is 0 Å². The Labute approximate surface area is 270 Å². The van der Waals surface area contributed by atoms with Gasteiger partial charge in [0.05, 0.1) is 17.1 Å². The lowest BCUT2D eigenvalue weighted by Crippen LogP contribution is -2.20. The Hall–Kier alpha value is -6.22. The van der Waals surface area contributed by atoms with Crippen LogP contribution in [0, 0.1) is 20.8 Å². The van der Waals surface area contributed by atoms with Gasteiger partial charge in [0.1, 0.15) is 11.3 Å². The number of amides is 1. The molecular weight excluding hydrogens is 590 g/mol. The van der Waals surface area contributed by atoms with Crippen LogP contribution >= 0.6 is 0 Å². The number of nitrogens with zero attached hydrogens (tertiary/aromatic N) is 4. The minimum Gasteiger partial charge on any atom is -0.484 e. The van der Waals surface area contributed by atoms with Gasteiger partial charge in [0.2, 0.25) is 5.82 Å². The molecule has 1 amide bonds. The number of rotatable bonds is 8.